The Kier molecular flexibility index (Phi) is 12.4. The first-order valence-corrected chi connectivity index (χ1v) is 17.6. The van der Waals surface area contributed by atoms with Crippen molar-refractivity contribution in [1.29, 1.82) is 0 Å². The van der Waals surface area contributed by atoms with Crippen LogP contribution in [0.4, 0.5) is 4.39 Å². The molecule has 0 saturated carbocycles. The number of benzene rings is 4. The van der Waals surface area contributed by atoms with Gasteiger partial charge in [-0.2, -0.15) is 0 Å². The van der Waals surface area contributed by atoms with E-state index in [-0.39, 0.29) is 23.6 Å². The molecule has 0 atom stereocenters. The molecule has 1 aromatic heterocycles. The van der Waals surface area contributed by atoms with Gasteiger partial charge in [-0.1, -0.05) is 60.1 Å². The van der Waals surface area contributed by atoms with Gasteiger partial charge in [-0.05, 0) is 85.1 Å². The van der Waals surface area contributed by atoms with Crippen LogP contribution in [0.2, 0.25) is 5.02 Å². The first-order valence-electron chi connectivity index (χ1n) is 17.2. The fraction of sp³-hybridized carbons (Fsp3) is 0.238. The molecule has 10 heteroatoms. The predicted octanol–water partition coefficient (Wildman–Crippen LogP) is 8.97. The lowest BCUT2D eigenvalue weighted by molar-refractivity contribution is -0.127. The molecule has 8 nitrogen and oxygen atoms in total. The number of piperazine rings is 1. The maximum absolute atomic E-state index is 14.9. The Morgan fingerprint density at radius 2 is 1.52 bits per heavy atom. The van der Waals surface area contributed by atoms with Crippen molar-refractivity contribution < 1.29 is 28.1 Å². The number of aromatic nitrogens is 1. The Balaban J connectivity index is 0.913. The normalized spacial score (nSPS) is 13.4. The van der Waals surface area contributed by atoms with Crippen LogP contribution in [0.25, 0.3) is 6.08 Å². The number of amides is 1. The second-order valence-corrected chi connectivity index (χ2v) is 13.1. The average Bonchev–Trinajstić information content (AvgIpc) is 3.15. The first-order chi connectivity index (χ1) is 25.3. The van der Waals surface area contributed by atoms with E-state index >= 15 is 0 Å². The molecule has 268 valence electrons. The second kappa shape index (κ2) is 17.7. The summed E-state index contributed by atoms with van der Waals surface area (Å²) in [6.07, 6.45) is 4.75. The highest BCUT2D eigenvalue weighted by Gasteiger charge is 2.20. The smallest absolute Gasteiger partial charge is 0.246 e. The van der Waals surface area contributed by atoms with Crippen molar-refractivity contribution in [3.8, 4) is 28.9 Å². The molecule has 1 fully saturated rings. The number of nitrogens with zero attached hydrogens (tertiary/aromatic N) is 3. The van der Waals surface area contributed by atoms with Gasteiger partial charge in [0.15, 0.2) is 11.6 Å². The molecule has 52 heavy (non-hydrogen) atoms. The Bertz CT molecular complexity index is 1940. The molecule has 1 aliphatic heterocycles. The van der Waals surface area contributed by atoms with Gasteiger partial charge in [0.05, 0.1) is 12.3 Å². The van der Waals surface area contributed by atoms with Crippen molar-refractivity contribution >= 4 is 23.6 Å². The van der Waals surface area contributed by atoms with E-state index in [2.05, 4.69) is 34.1 Å². The summed E-state index contributed by atoms with van der Waals surface area (Å²) in [5, 5.41) is 0.625. The van der Waals surface area contributed by atoms with Gasteiger partial charge in [-0.3, -0.25) is 9.69 Å². The summed E-state index contributed by atoms with van der Waals surface area (Å²) in [4.78, 5) is 21.3. The minimum Gasteiger partial charge on any atom is -0.491 e. The molecule has 1 aliphatic rings. The molecule has 1 saturated heterocycles. The van der Waals surface area contributed by atoms with Gasteiger partial charge in [0.2, 0.25) is 11.8 Å². The highest BCUT2D eigenvalue weighted by molar-refractivity contribution is 6.31. The Morgan fingerprint density at radius 1 is 0.827 bits per heavy atom. The van der Waals surface area contributed by atoms with E-state index in [1.165, 1.54) is 30.0 Å². The zero-order valence-corrected chi connectivity index (χ0v) is 30.0. The van der Waals surface area contributed by atoms with Gasteiger partial charge in [0.25, 0.3) is 0 Å². The zero-order valence-electron chi connectivity index (χ0n) is 29.2. The minimum atomic E-state index is -0.563. The summed E-state index contributed by atoms with van der Waals surface area (Å²) in [5.74, 6) is 1.74. The van der Waals surface area contributed by atoms with Gasteiger partial charge < -0.3 is 23.8 Å². The lowest BCUT2D eigenvalue weighted by atomic mass is 10.1. The third-order valence-corrected chi connectivity index (χ3v) is 8.73. The van der Waals surface area contributed by atoms with Crippen LogP contribution < -0.4 is 18.9 Å². The minimum absolute atomic E-state index is 0.0264. The van der Waals surface area contributed by atoms with Crippen LogP contribution in [0, 0.1) is 5.82 Å². The van der Waals surface area contributed by atoms with Crippen LogP contribution in [-0.4, -0.2) is 53.0 Å². The lowest BCUT2D eigenvalue weighted by Crippen LogP contribution is -2.47. The van der Waals surface area contributed by atoms with Crippen molar-refractivity contribution in [3.05, 3.63) is 148 Å². The number of hydrogen-bond acceptors (Lipinski definition) is 7. The molecule has 0 N–H and O–H groups in total. The Labute approximate surface area is 309 Å². The van der Waals surface area contributed by atoms with E-state index in [1.54, 1.807) is 30.3 Å². The number of pyridine rings is 1. The Hall–Kier alpha value is -5.38. The second-order valence-electron chi connectivity index (χ2n) is 12.7. The van der Waals surface area contributed by atoms with Gasteiger partial charge in [0, 0.05) is 55.5 Å². The van der Waals surface area contributed by atoms with E-state index in [1.807, 2.05) is 61.2 Å². The van der Waals surface area contributed by atoms with Crippen LogP contribution in [0.15, 0.2) is 115 Å². The molecule has 0 bridgehead atoms. The zero-order chi connectivity index (χ0) is 36.3. The molecule has 0 spiro atoms. The van der Waals surface area contributed by atoms with E-state index in [0.29, 0.717) is 42.6 Å². The summed E-state index contributed by atoms with van der Waals surface area (Å²) in [6.45, 7) is 8.36. The van der Waals surface area contributed by atoms with Gasteiger partial charge >= 0.3 is 0 Å². The van der Waals surface area contributed by atoms with Crippen LogP contribution in [0.1, 0.15) is 36.1 Å². The molecule has 0 radical (unpaired) electrons. The highest BCUT2D eigenvalue weighted by Crippen LogP contribution is 2.26. The summed E-state index contributed by atoms with van der Waals surface area (Å²) in [5.41, 5.74) is 3.71. The third-order valence-electron chi connectivity index (χ3n) is 8.36. The fourth-order valence-electron chi connectivity index (χ4n) is 5.56. The lowest BCUT2D eigenvalue weighted by Gasteiger charge is -2.34. The van der Waals surface area contributed by atoms with Crippen molar-refractivity contribution in [3.63, 3.8) is 0 Å². The SMILES string of the molecule is CC(C)Oc1ccc(OCc2ccc(CN3CCN(C(=O)C=Cc4ccc(Oc5ccc(OCc6ccccc6Cl)cn5)c(F)c4)CC3)cc2)cc1. The topological polar surface area (TPSA) is 73.4 Å². The van der Waals surface area contributed by atoms with E-state index < -0.39 is 5.82 Å². The molecular formula is C42H41ClFN3O5. The summed E-state index contributed by atoms with van der Waals surface area (Å²) in [6, 6.07) is 31.4. The maximum atomic E-state index is 14.9. The maximum Gasteiger partial charge on any atom is 0.246 e. The number of halogens is 2. The third kappa shape index (κ3) is 10.6. The monoisotopic (exact) mass is 721 g/mol. The van der Waals surface area contributed by atoms with Crippen molar-refractivity contribution in [2.75, 3.05) is 26.2 Å². The van der Waals surface area contributed by atoms with Crippen LogP contribution in [-0.2, 0) is 24.6 Å². The summed E-state index contributed by atoms with van der Waals surface area (Å²) < 4.78 is 37.9. The number of carbonyl (C=O) groups excluding carboxylic acids is 1. The van der Waals surface area contributed by atoms with Crippen LogP contribution in [0.5, 0.6) is 28.9 Å². The first kappa shape index (κ1) is 36.4. The largest absolute Gasteiger partial charge is 0.491 e. The van der Waals surface area contributed by atoms with E-state index in [9.17, 15) is 9.18 Å². The molecule has 4 aromatic carbocycles. The highest BCUT2D eigenvalue weighted by atomic mass is 35.5. The van der Waals surface area contributed by atoms with Gasteiger partial charge in [-0.15, -0.1) is 0 Å². The van der Waals surface area contributed by atoms with Crippen molar-refractivity contribution in [2.45, 2.75) is 39.7 Å². The van der Waals surface area contributed by atoms with Gasteiger partial charge in [-0.25, -0.2) is 9.37 Å². The van der Waals surface area contributed by atoms with Crippen molar-refractivity contribution in [2.24, 2.45) is 0 Å². The molecule has 0 aliphatic carbocycles. The predicted molar refractivity (Wildman–Crippen MR) is 200 cm³/mol. The average molecular weight is 722 g/mol. The number of hydrogen-bond donors (Lipinski definition) is 0. The molecular weight excluding hydrogens is 681 g/mol. The standard InChI is InChI=1S/C42H41ClFN3O5/c1-30(2)51-36-15-13-35(14-16-36)49-28-33-9-7-32(8-10-33)27-46-21-23-47(24-22-46)42(48)20-12-31-11-18-40(39(44)25-31)52-41-19-17-37(26-45-41)50-29-34-5-3-4-6-38(34)43/h3-20,25-26,30H,21-24,27-29H2,1-2H3. The summed E-state index contributed by atoms with van der Waals surface area (Å²) in [7, 11) is 0. The molecule has 0 unspecified atom stereocenters. The summed E-state index contributed by atoms with van der Waals surface area (Å²) >= 11 is 6.18. The molecule has 5 aromatic rings. The van der Waals surface area contributed by atoms with Gasteiger partial charge in [0.1, 0.15) is 30.5 Å². The number of rotatable bonds is 14. The van der Waals surface area contributed by atoms with E-state index in [0.717, 1.165) is 42.3 Å². The Morgan fingerprint density at radius 3 is 2.21 bits per heavy atom. The quantitative estimate of drug-likeness (QED) is 0.106. The molecule has 6 rings (SSSR count). The molecule has 2 heterocycles. The van der Waals surface area contributed by atoms with Crippen LogP contribution in [0.3, 0.4) is 0 Å². The van der Waals surface area contributed by atoms with E-state index in [4.69, 9.17) is 30.5 Å². The molecule has 1 amide bonds. The number of ether oxygens (including phenoxy) is 4. The van der Waals surface area contributed by atoms with Crippen molar-refractivity contribution in [1.82, 2.24) is 14.8 Å². The number of carbonyl (C=O) groups is 1. The fourth-order valence-corrected chi connectivity index (χ4v) is 5.75. The van der Waals surface area contributed by atoms with Crippen LogP contribution >= 0.6 is 11.6 Å².